The normalized spacial score (nSPS) is 18.5. The summed E-state index contributed by atoms with van der Waals surface area (Å²) in [6, 6.07) is 9.48. The molecule has 0 bridgehead atoms. The van der Waals surface area contributed by atoms with E-state index >= 15 is 0 Å². The Labute approximate surface area is 185 Å². The van der Waals surface area contributed by atoms with Gasteiger partial charge in [0.25, 0.3) is 5.56 Å². The number of fused-ring (bicyclic) bond motifs is 1. The summed E-state index contributed by atoms with van der Waals surface area (Å²) in [7, 11) is 0. The molecule has 9 heteroatoms. The molecule has 1 amide bonds. The SMILES string of the molecule is CC(=O)NC1CCC(Nc2ncc3cc(-c4ccccc4Cl)c(=O)[nH]c3n2)CC1.Cl. The molecule has 1 fully saturated rings. The second-order valence-corrected chi connectivity index (χ2v) is 7.79. The van der Waals surface area contributed by atoms with E-state index in [4.69, 9.17) is 11.6 Å². The molecule has 1 aliphatic rings. The lowest BCUT2D eigenvalue weighted by molar-refractivity contribution is -0.119. The van der Waals surface area contributed by atoms with Crippen LogP contribution in [0.1, 0.15) is 32.6 Å². The van der Waals surface area contributed by atoms with Crippen LogP contribution in [0.25, 0.3) is 22.2 Å². The van der Waals surface area contributed by atoms with Crippen LogP contribution in [0.2, 0.25) is 5.02 Å². The number of hydrogen-bond acceptors (Lipinski definition) is 5. The molecule has 1 aromatic carbocycles. The van der Waals surface area contributed by atoms with Crippen LogP contribution >= 0.6 is 24.0 Å². The number of nitrogens with one attached hydrogen (secondary N) is 3. The van der Waals surface area contributed by atoms with Gasteiger partial charge in [0.05, 0.1) is 0 Å². The number of nitrogens with zero attached hydrogens (tertiary/aromatic N) is 2. The fourth-order valence-corrected chi connectivity index (χ4v) is 4.03. The lowest BCUT2D eigenvalue weighted by atomic mass is 9.91. The fraction of sp³-hybridized carbons (Fsp3) is 0.333. The Kier molecular flexibility index (Phi) is 6.95. The zero-order chi connectivity index (χ0) is 20.4. The highest BCUT2D eigenvalue weighted by Crippen LogP contribution is 2.27. The first kappa shape index (κ1) is 22.1. The quantitative estimate of drug-likeness (QED) is 0.562. The van der Waals surface area contributed by atoms with Crippen LogP contribution < -0.4 is 16.2 Å². The number of hydrogen-bond donors (Lipinski definition) is 3. The molecule has 3 aromatic rings. The number of H-pyrrole nitrogens is 1. The van der Waals surface area contributed by atoms with Gasteiger partial charge in [-0.3, -0.25) is 9.59 Å². The minimum Gasteiger partial charge on any atom is -0.354 e. The lowest BCUT2D eigenvalue weighted by Gasteiger charge is -2.29. The van der Waals surface area contributed by atoms with Gasteiger partial charge in [0.15, 0.2) is 0 Å². The van der Waals surface area contributed by atoms with E-state index in [1.807, 2.05) is 18.2 Å². The van der Waals surface area contributed by atoms with Gasteiger partial charge in [-0.1, -0.05) is 29.8 Å². The maximum atomic E-state index is 12.6. The second-order valence-electron chi connectivity index (χ2n) is 7.38. The van der Waals surface area contributed by atoms with E-state index in [-0.39, 0.29) is 36.0 Å². The summed E-state index contributed by atoms with van der Waals surface area (Å²) >= 11 is 6.24. The van der Waals surface area contributed by atoms with Gasteiger partial charge in [0, 0.05) is 46.7 Å². The first-order valence-electron chi connectivity index (χ1n) is 9.68. The number of benzene rings is 1. The number of aromatic amines is 1. The third-order valence-electron chi connectivity index (χ3n) is 5.23. The highest BCUT2D eigenvalue weighted by molar-refractivity contribution is 6.33. The average Bonchev–Trinajstić information content (AvgIpc) is 2.69. The van der Waals surface area contributed by atoms with E-state index in [1.165, 1.54) is 0 Å². The van der Waals surface area contributed by atoms with E-state index in [0.29, 0.717) is 27.7 Å². The Bertz CT molecular complexity index is 1110. The van der Waals surface area contributed by atoms with Crippen LogP contribution in [0, 0.1) is 0 Å². The number of anilines is 1. The van der Waals surface area contributed by atoms with Crippen molar-refractivity contribution >= 4 is 46.9 Å². The summed E-state index contributed by atoms with van der Waals surface area (Å²) in [5, 5.41) is 7.57. The van der Waals surface area contributed by atoms with Crippen LogP contribution in [-0.4, -0.2) is 32.9 Å². The number of rotatable bonds is 4. The Hall–Kier alpha value is -2.64. The molecule has 4 rings (SSSR count). The van der Waals surface area contributed by atoms with Gasteiger partial charge in [-0.25, -0.2) is 4.98 Å². The summed E-state index contributed by atoms with van der Waals surface area (Å²) in [4.78, 5) is 35.5. The predicted octanol–water partition coefficient (Wildman–Crippen LogP) is 3.92. The zero-order valence-corrected chi connectivity index (χ0v) is 18.0. The second kappa shape index (κ2) is 9.45. The summed E-state index contributed by atoms with van der Waals surface area (Å²) in [6.07, 6.45) is 5.39. The van der Waals surface area contributed by atoms with E-state index in [2.05, 4.69) is 25.6 Å². The Morgan fingerprint density at radius 1 is 1.13 bits per heavy atom. The maximum absolute atomic E-state index is 12.6. The molecule has 0 saturated heterocycles. The van der Waals surface area contributed by atoms with Crippen molar-refractivity contribution in [3.05, 3.63) is 51.9 Å². The number of halogens is 2. The van der Waals surface area contributed by atoms with Crippen molar-refractivity contribution < 1.29 is 4.79 Å². The molecule has 2 heterocycles. The van der Waals surface area contributed by atoms with Gasteiger partial charge >= 0.3 is 0 Å². The van der Waals surface area contributed by atoms with Crippen molar-refractivity contribution in [3.63, 3.8) is 0 Å². The van der Waals surface area contributed by atoms with Crippen LogP contribution in [0.15, 0.2) is 41.3 Å². The monoisotopic (exact) mass is 447 g/mol. The van der Waals surface area contributed by atoms with Crippen molar-refractivity contribution in [2.75, 3.05) is 5.32 Å². The fourth-order valence-electron chi connectivity index (χ4n) is 3.79. The smallest absolute Gasteiger partial charge is 0.257 e. The van der Waals surface area contributed by atoms with Gasteiger partial charge < -0.3 is 15.6 Å². The van der Waals surface area contributed by atoms with E-state index in [9.17, 15) is 9.59 Å². The number of amides is 1. The van der Waals surface area contributed by atoms with Crippen molar-refractivity contribution in [2.45, 2.75) is 44.7 Å². The van der Waals surface area contributed by atoms with Crippen LogP contribution in [0.4, 0.5) is 5.95 Å². The van der Waals surface area contributed by atoms with Gasteiger partial charge in [0.2, 0.25) is 11.9 Å². The van der Waals surface area contributed by atoms with E-state index in [1.54, 1.807) is 25.3 Å². The standard InChI is InChI=1S/C21H22ClN5O2.ClH/c1-12(28)24-14-6-8-15(9-7-14)25-21-23-11-13-10-17(20(29)26-19(13)27-21)16-4-2-3-5-18(16)22;/h2-5,10-11,14-15H,6-9H2,1H3,(H,24,28)(H2,23,25,26,27,29);1H. The molecular weight excluding hydrogens is 425 g/mol. The molecule has 0 atom stereocenters. The molecule has 7 nitrogen and oxygen atoms in total. The molecule has 1 aliphatic carbocycles. The average molecular weight is 448 g/mol. The third-order valence-corrected chi connectivity index (χ3v) is 5.55. The van der Waals surface area contributed by atoms with Crippen molar-refractivity contribution in [2.24, 2.45) is 0 Å². The van der Waals surface area contributed by atoms with Crippen molar-refractivity contribution in [1.82, 2.24) is 20.3 Å². The van der Waals surface area contributed by atoms with Gasteiger partial charge in [0.1, 0.15) is 5.65 Å². The van der Waals surface area contributed by atoms with Crippen molar-refractivity contribution in [3.8, 4) is 11.1 Å². The minimum atomic E-state index is -0.244. The van der Waals surface area contributed by atoms with E-state index < -0.39 is 0 Å². The summed E-state index contributed by atoms with van der Waals surface area (Å²) in [5.41, 5.74) is 1.40. The molecule has 3 N–H and O–H groups in total. The highest BCUT2D eigenvalue weighted by Gasteiger charge is 2.22. The zero-order valence-electron chi connectivity index (χ0n) is 16.4. The molecule has 1 saturated carbocycles. The summed E-state index contributed by atoms with van der Waals surface area (Å²) in [5.74, 6) is 0.501. The van der Waals surface area contributed by atoms with Gasteiger partial charge in [-0.15, -0.1) is 12.4 Å². The van der Waals surface area contributed by atoms with Gasteiger partial charge in [-0.05, 0) is 37.8 Å². The highest BCUT2D eigenvalue weighted by atomic mass is 35.5. The first-order valence-corrected chi connectivity index (χ1v) is 10.1. The first-order chi connectivity index (χ1) is 14.0. The summed E-state index contributed by atoms with van der Waals surface area (Å²) in [6.45, 7) is 1.55. The van der Waals surface area contributed by atoms with Crippen LogP contribution in [0.5, 0.6) is 0 Å². The molecule has 0 aliphatic heterocycles. The van der Waals surface area contributed by atoms with Crippen LogP contribution in [0.3, 0.4) is 0 Å². The topological polar surface area (TPSA) is 99.8 Å². The third kappa shape index (κ3) is 4.91. The largest absolute Gasteiger partial charge is 0.354 e. The Morgan fingerprint density at radius 2 is 1.83 bits per heavy atom. The molecule has 158 valence electrons. The molecule has 2 aromatic heterocycles. The lowest BCUT2D eigenvalue weighted by Crippen LogP contribution is -2.39. The molecular formula is C21H23Cl2N5O2. The predicted molar refractivity (Wildman–Crippen MR) is 121 cm³/mol. The number of pyridine rings is 1. The molecule has 0 unspecified atom stereocenters. The number of carbonyl (C=O) groups is 1. The van der Waals surface area contributed by atoms with Crippen LogP contribution in [-0.2, 0) is 4.79 Å². The summed E-state index contributed by atoms with van der Waals surface area (Å²) < 4.78 is 0. The molecule has 0 radical (unpaired) electrons. The maximum Gasteiger partial charge on any atom is 0.257 e. The molecule has 30 heavy (non-hydrogen) atoms. The van der Waals surface area contributed by atoms with Gasteiger partial charge in [-0.2, -0.15) is 4.98 Å². The Morgan fingerprint density at radius 3 is 2.53 bits per heavy atom. The number of carbonyl (C=O) groups excluding carboxylic acids is 1. The Balaban J connectivity index is 0.00000256. The molecule has 0 spiro atoms. The minimum absolute atomic E-state index is 0. The van der Waals surface area contributed by atoms with E-state index in [0.717, 1.165) is 31.1 Å². The number of aromatic nitrogens is 3. The van der Waals surface area contributed by atoms with Crippen molar-refractivity contribution in [1.29, 1.82) is 0 Å².